The van der Waals surface area contributed by atoms with Crippen LogP contribution in [0.4, 0.5) is 15.6 Å². The molecule has 0 radical (unpaired) electrons. The summed E-state index contributed by atoms with van der Waals surface area (Å²) in [6, 6.07) is 13.3. The molecule has 6 nitrogen and oxygen atoms in total. The normalized spacial score (nSPS) is 14.7. The second kappa shape index (κ2) is 10.5. The number of unbranched alkanes of at least 4 members (excludes halogenated alkanes) is 1. The van der Waals surface area contributed by atoms with Gasteiger partial charge in [0.2, 0.25) is 0 Å². The van der Waals surface area contributed by atoms with E-state index >= 15 is 0 Å². The number of amides is 2. The zero-order valence-electron chi connectivity index (χ0n) is 17.1. The number of benzene rings is 2. The Morgan fingerprint density at radius 2 is 1.87 bits per heavy atom. The van der Waals surface area contributed by atoms with Crippen LogP contribution in [0.15, 0.2) is 42.5 Å². The first-order valence-corrected chi connectivity index (χ1v) is 12.0. The first kappa shape index (κ1) is 22.1. The van der Waals surface area contributed by atoms with Crippen LogP contribution in [0.3, 0.4) is 0 Å². The van der Waals surface area contributed by atoms with Gasteiger partial charge in [0.15, 0.2) is 5.13 Å². The molecule has 31 heavy (non-hydrogen) atoms. The van der Waals surface area contributed by atoms with E-state index in [0.29, 0.717) is 21.7 Å². The summed E-state index contributed by atoms with van der Waals surface area (Å²) < 4.78 is 1.07. The molecule has 1 saturated heterocycles. The number of carbonyl (C=O) groups is 1. The van der Waals surface area contributed by atoms with Gasteiger partial charge >= 0.3 is 6.03 Å². The van der Waals surface area contributed by atoms with E-state index in [0.717, 1.165) is 61.5 Å². The zero-order valence-corrected chi connectivity index (χ0v) is 19.4. The predicted molar refractivity (Wildman–Crippen MR) is 131 cm³/mol. The summed E-state index contributed by atoms with van der Waals surface area (Å²) in [5.41, 5.74) is 1.95. The number of hydrogen-bond donors (Lipinski definition) is 2. The Bertz CT molecular complexity index is 1000. The van der Waals surface area contributed by atoms with Gasteiger partial charge in [-0.3, -0.25) is 10.2 Å². The Morgan fingerprint density at radius 3 is 2.65 bits per heavy atom. The molecule has 0 bridgehead atoms. The molecule has 1 aromatic heterocycles. The molecular weight excluding hydrogens is 453 g/mol. The highest BCUT2D eigenvalue weighted by Gasteiger charge is 2.18. The third-order valence-corrected chi connectivity index (χ3v) is 6.81. The molecule has 9 heteroatoms. The number of nitrogens with zero attached hydrogens (tertiary/aromatic N) is 3. The first-order valence-electron chi connectivity index (χ1n) is 10.4. The monoisotopic (exact) mass is 477 g/mol. The molecule has 2 heterocycles. The summed E-state index contributed by atoms with van der Waals surface area (Å²) >= 11 is 13.8. The lowest BCUT2D eigenvalue weighted by Crippen LogP contribution is -2.46. The number of carbonyl (C=O) groups excluding carboxylic acids is 1. The van der Waals surface area contributed by atoms with Crippen LogP contribution in [-0.4, -0.2) is 55.2 Å². The first-order chi connectivity index (χ1) is 15.1. The van der Waals surface area contributed by atoms with Gasteiger partial charge in [0.1, 0.15) is 0 Å². The van der Waals surface area contributed by atoms with Crippen molar-refractivity contribution in [2.45, 2.75) is 12.8 Å². The minimum Gasteiger partial charge on any atom is -0.368 e. The standard InChI is InChI=1S/C22H25Cl2N5OS/c23-16-7-8-19(17(24)15-16)29-13-11-28(12-14-29)10-4-3-9-25-21(30)27-22-26-18-5-1-2-6-20(18)31-22/h1-2,5-8,15H,3-4,9-14H2,(H2,25,26,27,30). The lowest BCUT2D eigenvalue weighted by molar-refractivity contribution is 0.247. The van der Waals surface area contributed by atoms with Crippen LogP contribution in [0, 0.1) is 0 Å². The van der Waals surface area contributed by atoms with E-state index in [9.17, 15) is 4.79 Å². The molecule has 1 aliphatic rings. The number of para-hydroxylation sites is 1. The van der Waals surface area contributed by atoms with Crippen molar-refractivity contribution in [3.63, 3.8) is 0 Å². The number of anilines is 2. The van der Waals surface area contributed by atoms with Crippen molar-refractivity contribution in [1.82, 2.24) is 15.2 Å². The highest BCUT2D eigenvalue weighted by atomic mass is 35.5. The fourth-order valence-electron chi connectivity index (χ4n) is 3.68. The van der Waals surface area contributed by atoms with Gasteiger partial charge in [-0.05, 0) is 49.7 Å². The van der Waals surface area contributed by atoms with Gasteiger partial charge in [-0.25, -0.2) is 9.78 Å². The van der Waals surface area contributed by atoms with Crippen molar-refractivity contribution in [1.29, 1.82) is 0 Å². The molecule has 0 aliphatic carbocycles. The van der Waals surface area contributed by atoms with Crippen LogP contribution in [0.1, 0.15) is 12.8 Å². The molecule has 1 aliphatic heterocycles. The van der Waals surface area contributed by atoms with Crippen LogP contribution in [-0.2, 0) is 0 Å². The van der Waals surface area contributed by atoms with Crippen molar-refractivity contribution in [3.8, 4) is 0 Å². The topological polar surface area (TPSA) is 60.5 Å². The molecule has 4 rings (SSSR count). The minimum absolute atomic E-state index is 0.201. The molecule has 0 atom stereocenters. The van der Waals surface area contributed by atoms with Crippen LogP contribution in [0.5, 0.6) is 0 Å². The number of piperazine rings is 1. The van der Waals surface area contributed by atoms with Gasteiger partial charge in [-0.15, -0.1) is 0 Å². The number of hydrogen-bond acceptors (Lipinski definition) is 5. The van der Waals surface area contributed by atoms with E-state index in [1.165, 1.54) is 11.3 Å². The number of halogens is 2. The van der Waals surface area contributed by atoms with Gasteiger partial charge in [-0.1, -0.05) is 46.7 Å². The van der Waals surface area contributed by atoms with E-state index in [2.05, 4.69) is 25.4 Å². The van der Waals surface area contributed by atoms with E-state index in [1.54, 1.807) is 6.07 Å². The number of rotatable bonds is 7. The van der Waals surface area contributed by atoms with Crippen molar-refractivity contribution in [3.05, 3.63) is 52.5 Å². The summed E-state index contributed by atoms with van der Waals surface area (Å²) in [4.78, 5) is 21.3. The molecular formula is C22H25Cl2N5OS. The largest absolute Gasteiger partial charge is 0.368 e. The van der Waals surface area contributed by atoms with Gasteiger partial charge in [-0.2, -0.15) is 0 Å². The molecule has 3 aromatic rings. The molecule has 164 valence electrons. The fourth-order valence-corrected chi connectivity index (χ4v) is 5.07. The van der Waals surface area contributed by atoms with Crippen molar-refractivity contribution in [2.75, 3.05) is 49.5 Å². The van der Waals surface area contributed by atoms with Gasteiger partial charge < -0.3 is 10.2 Å². The Balaban J connectivity index is 1.11. The molecule has 2 aromatic carbocycles. The predicted octanol–water partition coefficient (Wildman–Crippen LogP) is 5.33. The highest BCUT2D eigenvalue weighted by molar-refractivity contribution is 7.22. The summed E-state index contributed by atoms with van der Waals surface area (Å²) in [5.74, 6) is 0. The summed E-state index contributed by atoms with van der Waals surface area (Å²) in [6.07, 6.45) is 1.99. The van der Waals surface area contributed by atoms with Crippen LogP contribution in [0.2, 0.25) is 10.0 Å². The smallest absolute Gasteiger partial charge is 0.321 e. The molecule has 0 spiro atoms. The number of urea groups is 1. The highest BCUT2D eigenvalue weighted by Crippen LogP contribution is 2.29. The Labute approximate surface area is 196 Å². The van der Waals surface area contributed by atoms with E-state index < -0.39 is 0 Å². The lowest BCUT2D eigenvalue weighted by Gasteiger charge is -2.36. The Kier molecular flexibility index (Phi) is 7.50. The molecule has 2 amide bonds. The van der Waals surface area contributed by atoms with Crippen molar-refractivity contribution < 1.29 is 4.79 Å². The maximum Gasteiger partial charge on any atom is 0.321 e. The number of nitrogens with one attached hydrogen (secondary N) is 2. The number of aromatic nitrogens is 1. The maximum absolute atomic E-state index is 12.1. The molecule has 2 N–H and O–H groups in total. The summed E-state index contributed by atoms with van der Waals surface area (Å²) in [7, 11) is 0. The molecule has 0 saturated carbocycles. The van der Waals surface area contributed by atoms with Crippen LogP contribution < -0.4 is 15.5 Å². The summed E-state index contributed by atoms with van der Waals surface area (Å²) in [6.45, 7) is 5.59. The minimum atomic E-state index is -0.201. The van der Waals surface area contributed by atoms with Crippen molar-refractivity contribution >= 4 is 61.6 Å². The zero-order chi connectivity index (χ0) is 21.6. The van der Waals surface area contributed by atoms with Gasteiger partial charge in [0, 0.05) is 37.7 Å². The van der Waals surface area contributed by atoms with E-state index in [-0.39, 0.29) is 6.03 Å². The van der Waals surface area contributed by atoms with E-state index in [1.807, 2.05) is 36.4 Å². The number of fused-ring (bicyclic) bond motifs is 1. The third kappa shape index (κ3) is 6.01. The molecule has 1 fully saturated rings. The average molecular weight is 478 g/mol. The van der Waals surface area contributed by atoms with Gasteiger partial charge in [0.25, 0.3) is 0 Å². The summed E-state index contributed by atoms with van der Waals surface area (Å²) in [5, 5.41) is 7.73. The van der Waals surface area contributed by atoms with Crippen LogP contribution in [0.25, 0.3) is 10.2 Å². The average Bonchev–Trinajstić information content (AvgIpc) is 3.16. The van der Waals surface area contributed by atoms with Gasteiger partial charge in [0.05, 0.1) is 20.9 Å². The Morgan fingerprint density at radius 1 is 1.06 bits per heavy atom. The second-order valence-electron chi connectivity index (χ2n) is 7.50. The number of thiazole rings is 1. The second-order valence-corrected chi connectivity index (χ2v) is 9.37. The van der Waals surface area contributed by atoms with E-state index in [4.69, 9.17) is 23.2 Å². The third-order valence-electron chi connectivity index (χ3n) is 5.32. The fraction of sp³-hybridized carbons (Fsp3) is 0.364. The quantitative estimate of drug-likeness (QED) is 0.451. The van der Waals surface area contributed by atoms with Crippen molar-refractivity contribution in [2.24, 2.45) is 0 Å². The Hall–Kier alpha value is -2.06. The molecule has 0 unspecified atom stereocenters. The lowest BCUT2D eigenvalue weighted by atomic mass is 10.2. The SMILES string of the molecule is O=C(NCCCCN1CCN(c2ccc(Cl)cc2Cl)CC1)Nc1nc2ccccc2s1. The van der Waals surface area contributed by atoms with Crippen LogP contribution >= 0.6 is 34.5 Å². The maximum atomic E-state index is 12.1.